The molecule has 0 aromatic heterocycles. The summed E-state index contributed by atoms with van der Waals surface area (Å²) in [5.74, 6) is 0.843. The van der Waals surface area contributed by atoms with Crippen molar-refractivity contribution in [2.45, 2.75) is 26.2 Å². The average Bonchev–Trinajstić information content (AvgIpc) is 2.23. The van der Waals surface area contributed by atoms with Crippen LogP contribution in [0.5, 0.6) is 0 Å². The van der Waals surface area contributed by atoms with E-state index in [1.54, 1.807) is 0 Å². The number of hydrogen-bond donors (Lipinski definition) is 1. The molecule has 3 nitrogen and oxygen atoms in total. The predicted molar refractivity (Wildman–Crippen MR) is 64.2 cm³/mol. The zero-order chi connectivity index (χ0) is 10.9. The number of likely N-dealkylation sites (tertiary alicyclic amines) is 1. The van der Waals surface area contributed by atoms with Gasteiger partial charge in [0, 0.05) is 19.7 Å². The zero-order valence-electron chi connectivity index (χ0n) is 10.3. The topological polar surface area (TPSA) is 24.5 Å². The number of nitrogens with zero attached hydrogens (tertiary/aromatic N) is 1. The van der Waals surface area contributed by atoms with Crippen LogP contribution in [0.15, 0.2) is 0 Å². The van der Waals surface area contributed by atoms with Crippen molar-refractivity contribution >= 4 is 0 Å². The molecular weight excluding hydrogens is 188 g/mol. The van der Waals surface area contributed by atoms with Crippen molar-refractivity contribution < 1.29 is 4.74 Å². The highest BCUT2D eigenvalue weighted by Crippen LogP contribution is 2.13. The van der Waals surface area contributed by atoms with Gasteiger partial charge < -0.3 is 15.0 Å². The van der Waals surface area contributed by atoms with E-state index in [4.69, 9.17) is 4.74 Å². The van der Waals surface area contributed by atoms with Gasteiger partial charge in [0.1, 0.15) is 0 Å². The van der Waals surface area contributed by atoms with Crippen molar-refractivity contribution in [2.75, 3.05) is 46.4 Å². The maximum absolute atomic E-state index is 5.42. The summed E-state index contributed by atoms with van der Waals surface area (Å²) in [5, 5.41) is 3.48. The lowest BCUT2D eigenvalue weighted by atomic mass is 9.98. The minimum Gasteiger partial charge on any atom is -0.380 e. The monoisotopic (exact) mass is 214 g/mol. The van der Waals surface area contributed by atoms with Gasteiger partial charge in [-0.15, -0.1) is 0 Å². The predicted octanol–water partition coefficient (Wildman–Crippen LogP) is 1.34. The van der Waals surface area contributed by atoms with E-state index in [0.29, 0.717) is 0 Å². The minimum absolute atomic E-state index is 0.843. The van der Waals surface area contributed by atoms with Gasteiger partial charge in [0.15, 0.2) is 0 Å². The highest BCUT2D eigenvalue weighted by atomic mass is 16.5. The fraction of sp³-hybridized carbons (Fsp3) is 1.00. The molecule has 1 N–H and O–H groups in total. The van der Waals surface area contributed by atoms with Crippen molar-refractivity contribution in [3.8, 4) is 0 Å². The standard InChI is InChI=1S/C12H26N2O/c1-3-8-15-9-6-13-10-12-5-4-7-14(2)11-12/h12-13H,3-11H2,1-2H3. The molecule has 1 aliphatic heterocycles. The molecule has 0 bridgehead atoms. The van der Waals surface area contributed by atoms with E-state index in [9.17, 15) is 0 Å². The molecule has 1 atom stereocenters. The van der Waals surface area contributed by atoms with Crippen LogP contribution < -0.4 is 5.32 Å². The van der Waals surface area contributed by atoms with Gasteiger partial charge in [0.05, 0.1) is 6.61 Å². The minimum atomic E-state index is 0.843. The third kappa shape index (κ3) is 6.13. The quantitative estimate of drug-likeness (QED) is 0.647. The molecule has 1 fully saturated rings. The smallest absolute Gasteiger partial charge is 0.0590 e. The molecule has 15 heavy (non-hydrogen) atoms. The first kappa shape index (κ1) is 12.9. The summed E-state index contributed by atoms with van der Waals surface area (Å²) in [6, 6.07) is 0. The van der Waals surface area contributed by atoms with Crippen LogP contribution >= 0.6 is 0 Å². The molecule has 0 radical (unpaired) electrons. The van der Waals surface area contributed by atoms with Crippen LogP contribution in [0.1, 0.15) is 26.2 Å². The molecular formula is C12H26N2O. The van der Waals surface area contributed by atoms with E-state index in [1.165, 1.54) is 25.9 Å². The SMILES string of the molecule is CCCOCCNCC1CCCN(C)C1. The summed E-state index contributed by atoms with van der Waals surface area (Å²) < 4.78 is 5.42. The molecule has 0 saturated carbocycles. The van der Waals surface area contributed by atoms with Gasteiger partial charge in [-0.1, -0.05) is 6.92 Å². The fourth-order valence-electron chi connectivity index (χ4n) is 2.14. The van der Waals surface area contributed by atoms with E-state index >= 15 is 0 Å². The largest absolute Gasteiger partial charge is 0.380 e. The summed E-state index contributed by atoms with van der Waals surface area (Å²) >= 11 is 0. The zero-order valence-corrected chi connectivity index (χ0v) is 10.3. The summed E-state index contributed by atoms with van der Waals surface area (Å²) in [6.07, 6.45) is 3.86. The second kappa shape index (κ2) is 8.08. The highest BCUT2D eigenvalue weighted by Gasteiger charge is 2.15. The molecule has 1 unspecified atom stereocenters. The number of rotatable bonds is 7. The van der Waals surface area contributed by atoms with Crippen LogP contribution in [0.3, 0.4) is 0 Å². The number of piperidine rings is 1. The normalized spacial score (nSPS) is 23.2. The van der Waals surface area contributed by atoms with Gasteiger partial charge >= 0.3 is 0 Å². The Bertz CT molecular complexity index is 153. The molecule has 1 saturated heterocycles. The van der Waals surface area contributed by atoms with Crippen LogP contribution in [-0.4, -0.2) is 51.3 Å². The molecule has 0 aliphatic carbocycles. The molecule has 0 aromatic carbocycles. The lowest BCUT2D eigenvalue weighted by molar-refractivity contribution is 0.133. The Balaban J connectivity index is 1.90. The lowest BCUT2D eigenvalue weighted by Crippen LogP contribution is -2.38. The maximum Gasteiger partial charge on any atom is 0.0590 e. The maximum atomic E-state index is 5.42. The molecule has 1 rings (SSSR count). The Morgan fingerprint density at radius 1 is 1.40 bits per heavy atom. The summed E-state index contributed by atoms with van der Waals surface area (Å²) in [5.41, 5.74) is 0. The van der Waals surface area contributed by atoms with Crippen LogP contribution in [0, 0.1) is 5.92 Å². The molecule has 90 valence electrons. The second-order valence-electron chi connectivity index (χ2n) is 4.59. The van der Waals surface area contributed by atoms with E-state index in [-0.39, 0.29) is 0 Å². The van der Waals surface area contributed by atoms with Gasteiger partial charge in [-0.05, 0) is 45.3 Å². The van der Waals surface area contributed by atoms with Crippen LogP contribution in [0.4, 0.5) is 0 Å². The van der Waals surface area contributed by atoms with Gasteiger partial charge in [-0.2, -0.15) is 0 Å². The van der Waals surface area contributed by atoms with Crippen molar-refractivity contribution in [3.05, 3.63) is 0 Å². The first-order chi connectivity index (χ1) is 7.33. The Hall–Kier alpha value is -0.120. The molecule has 0 aromatic rings. The fourth-order valence-corrected chi connectivity index (χ4v) is 2.14. The Labute approximate surface area is 94.2 Å². The van der Waals surface area contributed by atoms with E-state index < -0.39 is 0 Å². The average molecular weight is 214 g/mol. The van der Waals surface area contributed by atoms with Gasteiger partial charge in [0.2, 0.25) is 0 Å². The first-order valence-electron chi connectivity index (χ1n) is 6.30. The Morgan fingerprint density at radius 2 is 2.27 bits per heavy atom. The lowest BCUT2D eigenvalue weighted by Gasteiger charge is -2.29. The summed E-state index contributed by atoms with van der Waals surface area (Å²) in [4.78, 5) is 2.43. The van der Waals surface area contributed by atoms with Gasteiger partial charge in [-0.25, -0.2) is 0 Å². The van der Waals surface area contributed by atoms with Crippen LogP contribution in [0.25, 0.3) is 0 Å². The van der Waals surface area contributed by atoms with E-state index in [2.05, 4.69) is 24.2 Å². The van der Waals surface area contributed by atoms with Gasteiger partial charge in [-0.3, -0.25) is 0 Å². The highest BCUT2D eigenvalue weighted by molar-refractivity contribution is 4.72. The van der Waals surface area contributed by atoms with E-state index in [1.807, 2.05) is 0 Å². The third-order valence-electron chi connectivity index (χ3n) is 2.93. The molecule has 1 heterocycles. The molecule has 0 spiro atoms. The van der Waals surface area contributed by atoms with Crippen molar-refractivity contribution in [1.29, 1.82) is 0 Å². The van der Waals surface area contributed by atoms with Gasteiger partial charge in [0.25, 0.3) is 0 Å². The van der Waals surface area contributed by atoms with Crippen molar-refractivity contribution in [1.82, 2.24) is 10.2 Å². The number of hydrogen-bond acceptors (Lipinski definition) is 3. The van der Waals surface area contributed by atoms with Crippen LogP contribution in [-0.2, 0) is 4.74 Å². The summed E-state index contributed by atoms with van der Waals surface area (Å²) in [6.45, 7) is 8.58. The van der Waals surface area contributed by atoms with Crippen molar-refractivity contribution in [2.24, 2.45) is 5.92 Å². The first-order valence-corrected chi connectivity index (χ1v) is 6.30. The third-order valence-corrected chi connectivity index (χ3v) is 2.93. The Kier molecular flexibility index (Phi) is 6.98. The second-order valence-corrected chi connectivity index (χ2v) is 4.59. The molecule has 3 heteroatoms. The summed E-state index contributed by atoms with van der Waals surface area (Å²) in [7, 11) is 2.22. The number of nitrogens with one attached hydrogen (secondary N) is 1. The Morgan fingerprint density at radius 3 is 3.00 bits per heavy atom. The van der Waals surface area contributed by atoms with Crippen LogP contribution in [0.2, 0.25) is 0 Å². The molecule has 0 amide bonds. The van der Waals surface area contributed by atoms with Crippen molar-refractivity contribution in [3.63, 3.8) is 0 Å². The number of ether oxygens (including phenoxy) is 1. The molecule has 1 aliphatic rings. The van der Waals surface area contributed by atoms with E-state index in [0.717, 1.165) is 38.6 Å².